The van der Waals surface area contributed by atoms with E-state index in [4.69, 9.17) is 0 Å². The van der Waals surface area contributed by atoms with Crippen LogP contribution >= 0.6 is 15.9 Å². The van der Waals surface area contributed by atoms with Crippen molar-refractivity contribution >= 4 is 15.9 Å². The van der Waals surface area contributed by atoms with E-state index >= 15 is 0 Å². The quantitative estimate of drug-likeness (QED) is 0.811. The van der Waals surface area contributed by atoms with Gasteiger partial charge in [0.15, 0.2) is 0 Å². The Morgan fingerprint density at radius 2 is 1.85 bits per heavy atom. The summed E-state index contributed by atoms with van der Waals surface area (Å²) in [7, 11) is 0. The first-order valence-electron chi connectivity index (χ1n) is 6.87. The summed E-state index contributed by atoms with van der Waals surface area (Å²) in [6, 6.07) is 13.2. The second-order valence-corrected chi connectivity index (χ2v) is 5.79. The van der Waals surface area contributed by atoms with Crippen LogP contribution in [-0.2, 0) is 0 Å². The molecule has 20 heavy (non-hydrogen) atoms. The minimum absolute atomic E-state index is 0.133. The largest absolute Gasteiger partial charge is 0.306 e. The zero-order valence-corrected chi connectivity index (χ0v) is 13.4. The normalized spacial score (nSPS) is 12.4. The number of halogens is 2. The fraction of sp³-hybridized carbons (Fsp3) is 0.294. The summed E-state index contributed by atoms with van der Waals surface area (Å²) in [5, 5.41) is 3.43. The van der Waals surface area contributed by atoms with Gasteiger partial charge in [-0.25, -0.2) is 4.39 Å². The van der Waals surface area contributed by atoms with E-state index in [-0.39, 0.29) is 11.9 Å². The average molecular weight is 336 g/mol. The van der Waals surface area contributed by atoms with E-state index in [0.717, 1.165) is 23.0 Å². The Kier molecular flexibility index (Phi) is 5.32. The summed E-state index contributed by atoms with van der Waals surface area (Å²) < 4.78 is 15.0. The number of hydrogen-bond donors (Lipinski definition) is 1. The van der Waals surface area contributed by atoms with Crippen molar-refractivity contribution in [2.45, 2.75) is 26.3 Å². The third-order valence-corrected chi connectivity index (χ3v) is 3.99. The Bertz CT molecular complexity index is 545. The molecule has 0 aliphatic heterocycles. The SMILES string of the molecule is CCCNC(c1ccc(C)cc1)c1c(F)cccc1Br. The molecule has 0 heterocycles. The van der Waals surface area contributed by atoms with Crippen molar-refractivity contribution in [1.29, 1.82) is 0 Å². The molecule has 1 nitrogen and oxygen atoms in total. The topological polar surface area (TPSA) is 12.0 Å². The fourth-order valence-corrected chi connectivity index (χ4v) is 2.79. The highest BCUT2D eigenvalue weighted by Gasteiger charge is 2.19. The van der Waals surface area contributed by atoms with Crippen LogP contribution in [0.4, 0.5) is 4.39 Å². The summed E-state index contributed by atoms with van der Waals surface area (Å²) in [5.74, 6) is -0.187. The van der Waals surface area contributed by atoms with Gasteiger partial charge in [0.05, 0.1) is 6.04 Å². The molecule has 0 spiro atoms. The lowest BCUT2D eigenvalue weighted by Crippen LogP contribution is -2.24. The molecule has 2 aromatic carbocycles. The first-order valence-corrected chi connectivity index (χ1v) is 7.66. The monoisotopic (exact) mass is 335 g/mol. The third-order valence-electron chi connectivity index (χ3n) is 3.30. The summed E-state index contributed by atoms with van der Waals surface area (Å²) in [6.45, 7) is 5.01. The van der Waals surface area contributed by atoms with Crippen molar-refractivity contribution in [3.8, 4) is 0 Å². The zero-order chi connectivity index (χ0) is 14.5. The van der Waals surface area contributed by atoms with E-state index in [2.05, 4.69) is 59.4 Å². The highest BCUT2D eigenvalue weighted by molar-refractivity contribution is 9.10. The maximum absolute atomic E-state index is 14.2. The van der Waals surface area contributed by atoms with Crippen LogP contribution in [0.3, 0.4) is 0 Å². The molecule has 0 saturated carbocycles. The van der Waals surface area contributed by atoms with Crippen LogP contribution < -0.4 is 5.32 Å². The van der Waals surface area contributed by atoms with Gasteiger partial charge < -0.3 is 5.32 Å². The number of benzene rings is 2. The van der Waals surface area contributed by atoms with Crippen LogP contribution in [0.15, 0.2) is 46.9 Å². The summed E-state index contributed by atoms with van der Waals surface area (Å²) in [4.78, 5) is 0. The Morgan fingerprint density at radius 1 is 1.15 bits per heavy atom. The third kappa shape index (κ3) is 3.47. The van der Waals surface area contributed by atoms with E-state index in [9.17, 15) is 4.39 Å². The van der Waals surface area contributed by atoms with Crippen LogP contribution in [0.2, 0.25) is 0 Å². The summed E-state index contributed by atoms with van der Waals surface area (Å²) in [5.41, 5.74) is 2.95. The molecule has 2 aromatic rings. The van der Waals surface area contributed by atoms with Gasteiger partial charge in [-0.2, -0.15) is 0 Å². The highest BCUT2D eigenvalue weighted by atomic mass is 79.9. The lowest BCUT2D eigenvalue weighted by atomic mass is 9.97. The molecule has 0 aromatic heterocycles. The molecular weight excluding hydrogens is 317 g/mol. The molecule has 1 N–H and O–H groups in total. The van der Waals surface area contributed by atoms with Crippen LogP contribution in [0, 0.1) is 12.7 Å². The Morgan fingerprint density at radius 3 is 2.45 bits per heavy atom. The number of hydrogen-bond acceptors (Lipinski definition) is 1. The van der Waals surface area contributed by atoms with Crippen LogP contribution in [-0.4, -0.2) is 6.54 Å². The molecule has 106 valence electrons. The van der Waals surface area contributed by atoms with Gasteiger partial charge in [0, 0.05) is 10.0 Å². The summed E-state index contributed by atoms with van der Waals surface area (Å²) >= 11 is 3.47. The first kappa shape index (κ1) is 15.2. The Labute approximate surface area is 128 Å². The molecule has 0 saturated heterocycles. The standard InChI is InChI=1S/C17H19BrFN/c1-3-11-20-17(13-9-7-12(2)8-10-13)16-14(18)5-4-6-15(16)19/h4-10,17,20H,3,11H2,1-2H3. The molecule has 0 aliphatic rings. The van der Waals surface area contributed by atoms with Crippen molar-refractivity contribution in [3.63, 3.8) is 0 Å². The molecule has 0 fully saturated rings. The van der Waals surface area contributed by atoms with Gasteiger partial charge in [-0.3, -0.25) is 0 Å². The first-order chi connectivity index (χ1) is 9.63. The maximum Gasteiger partial charge on any atom is 0.129 e. The minimum atomic E-state index is -0.187. The van der Waals surface area contributed by atoms with Crippen molar-refractivity contribution in [2.75, 3.05) is 6.54 Å². The van der Waals surface area contributed by atoms with Gasteiger partial charge in [0.25, 0.3) is 0 Å². The maximum atomic E-state index is 14.2. The van der Waals surface area contributed by atoms with Crippen molar-refractivity contribution in [2.24, 2.45) is 0 Å². The molecule has 1 unspecified atom stereocenters. The van der Waals surface area contributed by atoms with Crippen molar-refractivity contribution in [3.05, 3.63) is 69.4 Å². The van der Waals surface area contributed by atoms with E-state index in [1.54, 1.807) is 6.07 Å². The lowest BCUT2D eigenvalue weighted by Gasteiger charge is -2.21. The second kappa shape index (κ2) is 7.00. The zero-order valence-electron chi connectivity index (χ0n) is 11.8. The number of aryl methyl sites for hydroxylation is 1. The molecule has 2 rings (SSSR count). The van der Waals surface area contributed by atoms with Crippen molar-refractivity contribution in [1.82, 2.24) is 5.32 Å². The predicted octanol–water partition coefficient (Wildman–Crippen LogP) is 4.99. The molecule has 1 atom stereocenters. The van der Waals surface area contributed by atoms with Gasteiger partial charge in [-0.1, -0.05) is 58.7 Å². The number of rotatable bonds is 5. The molecule has 3 heteroatoms. The molecule has 0 amide bonds. The fourth-order valence-electron chi connectivity index (χ4n) is 2.22. The van der Waals surface area contributed by atoms with Crippen LogP contribution in [0.5, 0.6) is 0 Å². The highest BCUT2D eigenvalue weighted by Crippen LogP contribution is 2.31. The Balaban J connectivity index is 2.44. The number of nitrogens with one attached hydrogen (secondary N) is 1. The van der Waals surface area contributed by atoms with Gasteiger partial charge in [-0.15, -0.1) is 0 Å². The van der Waals surface area contributed by atoms with Crippen LogP contribution in [0.25, 0.3) is 0 Å². The molecule has 0 bridgehead atoms. The molecule has 0 aliphatic carbocycles. The predicted molar refractivity (Wildman–Crippen MR) is 85.4 cm³/mol. The lowest BCUT2D eigenvalue weighted by molar-refractivity contribution is 0.544. The van der Waals surface area contributed by atoms with Crippen molar-refractivity contribution < 1.29 is 4.39 Å². The smallest absolute Gasteiger partial charge is 0.129 e. The molecule has 0 radical (unpaired) electrons. The van der Waals surface area contributed by atoms with Gasteiger partial charge in [-0.05, 0) is 37.6 Å². The molecular formula is C17H19BrFN. The second-order valence-electron chi connectivity index (χ2n) is 4.93. The van der Waals surface area contributed by atoms with E-state index in [1.165, 1.54) is 11.6 Å². The van der Waals surface area contributed by atoms with Gasteiger partial charge >= 0.3 is 0 Å². The van der Waals surface area contributed by atoms with E-state index < -0.39 is 0 Å². The Hall–Kier alpha value is -1.19. The van der Waals surface area contributed by atoms with Crippen LogP contribution in [0.1, 0.15) is 36.1 Å². The van der Waals surface area contributed by atoms with Gasteiger partial charge in [0.2, 0.25) is 0 Å². The average Bonchev–Trinajstić information content (AvgIpc) is 2.43. The summed E-state index contributed by atoms with van der Waals surface area (Å²) in [6.07, 6.45) is 1.01. The van der Waals surface area contributed by atoms with E-state index in [0.29, 0.717) is 5.56 Å². The minimum Gasteiger partial charge on any atom is -0.306 e. The van der Waals surface area contributed by atoms with Gasteiger partial charge in [0.1, 0.15) is 5.82 Å². The van der Waals surface area contributed by atoms with E-state index in [1.807, 2.05) is 6.07 Å².